The van der Waals surface area contributed by atoms with E-state index in [0.717, 1.165) is 121 Å². The highest BCUT2D eigenvalue weighted by Gasteiger charge is 2.30. The van der Waals surface area contributed by atoms with Gasteiger partial charge in [0.15, 0.2) is 12.2 Å². The minimum atomic E-state index is -4.97. The first kappa shape index (κ1) is 92.5. The first-order chi connectivity index (χ1) is 45.7. The van der Waals surface area contributed by atoms with Crippen LogP contribution >= 0.6 is 15.6 Å². The van der Waals surface area contributed by atoms with Gasteiger partial charge in [0.05, 0.1) is 26.4 Å². The van der Waals surface area contributed by atoms with Crippen molar-refractivity contribution in [2.75, 3.05) is 39.6 Å². The van der Waals surface area contributed by atoms with Gasteiger partial charge in [0.2, 0.25) is 0 Å². The van der Waals surface area contributed by atoms with Gasteiger partial charge < -0.3 is 33.8 Å². The molecule has 0 bridgehead atoms. The number of aliphatic hydroxyl groups is 1. The number of phosphoric ester groups is 2. The quantitative estimate of drug-likeness (QED) is 0.0169. The highest BCUT2D eigenvalue weighted by Crippen LogP contribution is 2.45. The summed E-state index contributed by atoms with van der Waals surface area (Å²) in [6, 6.07) is 0. The van der Waals surface area contributed by atoms with Gasteiger partial charge in [-0.3, -0.25) is 37.3 Å². The van der Waals surface area contributed by atoms with Crippen molar-refractivity contribution in [1.82, 2.24) is 0 Å². The van der Waals surface area contributed by atoms with Gasteiger partial charge in [-0.1, -0.05) is 310 Å². The molecule has 0 rings (SSSR count). The minimum Gasteiger partial charge on any atom is -0.462 e. The van der Waals surface area contributed by atoms with E-state index in [1.165, 1.54) is 148 Å². The second kappa shape index (κ2) is 66.1. The van der Waals surface area contributed by atoms with E-state index in [0.29, 0.717) is 37.5 Å². The Bertz CT molecular complexity index is 1950. The van der Waals surface area contributed by atoms with Crippen molar-refractivity contribution in [3.05, 3.63) is 24.3 Å². The number of hydrogen-bond donors (Lipinski definition) is 3. The molecule has 0 heterocycles. The standard InChI is InChI=1S/C76H144O17P2/c1-8-9-10-11-12-13-14-15-18-22-25-28-36-43-50-57-73(78)86-63-71(92-75(80)59-52-45-37-29-26-23-20-17-16-19-21-24-27-33-40-47-54-67(2)3)65-90-94(82,83)88-61-70(77)62-89-95(84,85)91-66-72(64-87-74(79)58-51-44-39-32-35-42-49-56-69(6)7)93-76(81)60-53-46-38-31-30-34-41-48-55-68(4)5/h13-15,18,67-72,77H,8-12,16-17,19-66H2,1-7H3,(H,82,83)(H,84,85)/b14-13-,18-15-/t70?,71-,72-/m1/s1. The summed E-state index contributed by atoms with van der Waals surface area (Å²) < 4.78 is 68.4. The highest BCUT2D eigenvalue weighted by atomic mass is 31.2. The molecule has 0 aliphatic rings. The van der Waals surface area contributed by atoms with Crippen molar-refractivity contribution in [1.29, 1.82) is 0 Å². The van der Waals surface area contributed by atoms with Crippen LogP contribution in [0.1, 0.15) is 363 Å². The zero-order valence-corrected chi connectivity index (χ0v) is 63.4. The van der Waals surface area contributed by atoms with Crippen LogP contribution in [0.25, 0.3) is 0 Å². The Balaban J connectivity index is 5.26. The highest BCUT2D eigenvalue weighted by molar-refractivity contribution is 7.47. The lowest BCUT2D eigenvalue weighted by molar-refractivity contribution is -0.161. The number of ether oxygens (including phenoxy) is 4. The van der Waals surface area contributed by atoms with Crippen LogP contribution in [0, 0.1) is 17.8 Å². The van der Waals surface area contributed by atoms with E-state index in [4.69, 9.17) is 37.0 Å². The van der Waals surface area contributed by atoms with Crippen LogP contribution in [0.3, 0.4) is 0 Å². The molecule has 0 aromatic heterocycles. The van der Waals surface area contributed by atoms with Crippen LogP contribution in [0.2, 0.25) is 0 Å². The zero-order valence-electron chi connectivity index (χ0n) is 61.6. The Kier molecular flexibility index (Phi) is 64.4. The smallest absolute Gasteiger partial charge is 0.462 e. The number of rotatable bonds is 72. The monoisotopic (exact) mass is 1390 g/mol. The van der Waals surface area contributed by atoms with Crippen LogP contribution in [-0.2, 0) is 65.4 Å². The summed E-state index contributed by atoms with van der Waals surface area (Å²) >= 11 is 0. The third-order valence-corrected chi connectivity index (χ3v) is 18.9. The Morgan fingerprint density at radius 2 is 0.568 bits per heavy atom. The lowest BCUT2D eigenvalue weighted by Gasteiger charge is -2.21. The fourth-order valence-electron chi connectivity index (χ4n) is 11.1. The normalized spacial score (nSPS) is 14.2. The van der Waals surface area contributed by atoms with Gasteiger partial charge in [-0.2, -0.15) is 0 Å². The van der Waals surface area contributed by atoms with Crippen LogP contribution < -0.4 is 0 Å². The lowest BCUT2D eigenvalue weighted by atomic mass is 10.0. The second-order valence-electron chi connectivity index (χ2n) is 28.1. The minimum absolute atomic E-state index is 0.101. The topological polar surface area (TPSA) is 237 Å². The maximum Gasteiger partial charge on any atom is 0.472 e. The van der Waals surface area contributed by atoms with Gasteiger partial charge in [0, 0.05) is 25.7 Å². The van der Waals surface area contributed by atoms with Gasteiger partial charge in [0.1, 0.15) is 19.3 Å². The van der Waals surface area contributed by atoms with E-state index in [1.54, 1.807) is 0 Å². The summed E-state index contributed by atoms with van der Waals surface area (Å²) in [5.74, 6) is 0.0760. The third-order valence-electron chi connectivity index (χ3n) is 17.0. The Hall–Kier alpha value is -2.46. The van der Waals surface area contributed by atoms with E-state index in [9.17, 15) is 43.2 Å². The maximum atomic E-state index is 13.1. The molecule has 560 valence electrons. The predicted molar refractivity (Wildman–Crippen MR) is 386 cm³/mol. The molecule has 0 amide bonds. The number of phosphoric acid groups is 2. The molecule has 0 saturated heterocycles. The Morgan fingerprint density at radius 1 is 0.326 bits per heavy atom. The molecule has 3 N–H and O–H groups in total. The molecule has 17 nitrogen and oxygen atoms in total. The second-order valence-corrected chi connectivity index (χ2v) is 31.0. The number of allylic oxidation sites excluding steroid dienone is 4. The Labute approximate surface area is 580 Å². The van der Waals surface area contributed by atoms with Gasteiger partial charge >= 0.3 is 39.5 Å². The SMILES string of the molecule is CCCCCC/C=C\C=C/CCCCCCCC(=O)OC[C@H](COP(=O)(O)OCC(O)COP(=O)(O)OC[C@@H](COC(=O)CCCCCCCCCC(C)C)OC(=O)CCCCCCCCCCC(C)C)OC(=O)CCCCCCCCCCCCCCCCCCC(C)C. The maximum absolute atomic E-state index is 13.1. The number of carbonyl (C=O) groups is 4. The predicted octanol–water partition coefficient (Wildman–Crippen LogP) is 21.7. The van der Waals surface area contributed by atoms with Gasteiger partial charge in [-0.15, -0.1) is 0 Å². The summed E-state index contributed by atoms with van der Waals surface area (Å²) in [4.78, 5) is 72.7. The molecule has 5 atom stereocenters. The number of carbonyl (C=O) groups excluding carboxylic acids is 4. The molecule has 19 heteroatoms. The first-order valence-electron chi connectivity index (χ1n) is 38.7. The molecule has 0 radical (unpaired) electrons. The molecule has 0 aromatic rings. The van der Waals surface area contributed by atoms with Crippen molar-refractivity contribution in [3.8, 4) is 0 Å². The van der Waals surface area contributed by atoms with Crippen molar-refractivity contribution in [3.63, 3.8) is 0 Å². The zero-order chi connectivity index (χ0) is 70.1. The third kappa shape index (κ3) is 69.8. The number of unbranched alkanes of at least 4 members (excludes halogenated alkanes) is 37. The summed E-state index contributed by atoms with van der Waals surface area (Å²) in [5, 5.41) is 10.6. The Morgan fingerprint density at radius 3 is 0.853 bits per heavy atom. The molecular weight excluding hydrogens is 1250 g/mol. The lowest BCUT2D eigenvalue weighted by Crippen LogP contribution is -2.30. The summed E-state index contributed by atoms with van der Waals surface area (Å²) in [6.45, 7) is 11.8. The number of hydrogen-bond acceptors (Lipinski definition) is 15. The van der Waals surface area contributed by atoms with Gasteiger partial charge in [0.25, 0.3) is 0 Å². The molecule has 0 fully saturated rings. The van der Waals surface area contributed by atoms with Crippen molar-refractivity contribution in [2.45, 2.75) is 381 Å². The molecule has 0 aliphatic carbocycles. The molecule has 0 aromatic carbocycles. The largest absolute Gasteiger partial charge is 0.472 e. The number of esters is 4. The fraction of sp³-hybridized carbons (Fsp3) is 0.895. The molecule has 0 aliphatic heterocycles. The van der Waals surface area contributed by atoms with Crippen LogP contribution in [-0.4, -0.2) is 96.7 Å². The fourth-order valence-corrected chi connectivity index (χ4v) is 12.6. The van der Waals surface area contributed by atoms with E-state index in [-0.39, 0.29) is 25.7 Å². The molecule has 0 spiro atoms. The van der Waals surface area contributed by atoms with Crippen molar-refractivity contribution in [2.24, 2.45) is 17.8 Å². The van der Waals surface area contributed by atoms with Crippen molar-refractivity contribution < 1.29 is 80.2 Å². The average molecular weight is 1390 g/mol. The van der Waals surface area contributed by atoms with Crippen LogP contribution in [0.4, 0.5) is 0 Å². The van der Waals surface area contributed by atoms with E-state index in [2.05, 4.69) is 72.8 Å². The van der Waals surface area contributed by atoms with Crippen LogP contribution in [0.5, 0.6) is 0 Å². The van der Waals surface area contributed by atoms with Gasteiger partial charge in [-0.25, -0.2) is 9.13 Å². The van der Waals surface area contributed by atoms with E-state index in [1.807, 2.05) is 0 Å². The average Bonchev–Trinajstić information content (AvgIpc) is 2.45. The summed E-state index contributed by atoms with van der Waals surface area (Å²) in [6.07, 6.45) is 55.1. The van der Waals surface area contributed by atoms with Crippen LogP contribution in [0.15, 0.2) is 24.3 Å². The molecule has 0 saturated carbocycles. The van der Waals surface area contributed by atoms with E-state index < -0.39 is 97.5 Å². The summed E-state index contributed by atoms with van der Waals surface area (Å²) in [5.41, 5.74) is 0. The molecular formula is C76H144O17P2. The first-order valence-corrected chi connectivity index (χ1v) is 41.7. The van der Waals surface area contributed by atoms with Crippen molar-refractivity contribution >= 4 is 39.5 Å². The van der Waals surface area contributed by atoms with E-state index >= 15 is 0 Å². The number of aliphatic hydroxyl groups excluding tert-OH is 1. The molecule has 3 unspecified atom stereocenters. The molecule has 95 heavy (non-hydrogen) atoms. The summed E-state index contributed by atoms with van der Waals surface area (Å²) in [7, 11) is -9.92. The van der Waals surface area contributed by atoms with Gasteiger partial charge in [-0.05, 0) is 69.1 Å².